The number of carbonyl (C=O) groups excluding carboxylic acids is 1. The molecule has 0 aromatic carbocycles. The molecule has 0 bridgehead atoms. The largest absolute Gasteiger partial charge is 0.468 e. The number of halogens is 1. The van der Waals surface area contributed by atoms with Crippen LogP contribution in [0.25, 0.3) is 0 Å². The lowest BCUT2D eigenvalue weighted by Gasteiger charge is -2.00. The Morgan fingerprint density at radius 2 is 2.50 bits per heavy atom. The van der Waals surface area contributed by atoms with Crippen molar-refractivity contribution in [1.29, 1.82) is 0 Å². The third kappa shape index (κ3) is 2.20. The number of hydrogen-bond donors (Lipinski definition) is 0. The quantitative estimate of drug-likeness (QED) is 0.599. The molecule has 0 radical (unpaired) electrons. The van der Waals surface area contributed by atoms with Gasteiger partial charge >= 0.3 is 5.97 Å². The van der Waals surface area contributed by atoms with Crippen LogP contribution < -0.4 is 0 Å². The smallest absolute Gasteiger partial charge is 0.327 e. The standard InChI is InChI=1S/C7H9IN2O2/c1-5-3-6(8)10(9-5)4-7(11)12-2/h3H,4H2,1-2H3. The Morgan fingerprint density at radius 1 is 1.83 bits per heavy atom. The minimum atomic E-state index is -0.281. The summed E-state index contributed by atoms with van der Waals surface area (Å²) in [6, 6.07) is 1.91. The number of carbonyl (C=O) groups is 1. The lowest BCUT2D eigenvalue weighted by Crippen LogP contribution is -2.13. The number of methoxy groups -OCH3 is 1. The van der Waals surface area contributed by atoms with E-state index in [-0.39, 0.29) is 12.5 Å². The van der Waals surface area contributed by atoms with Crippen LogP contribution >= 0.6 is 22.6 Å². The Hall–Kier alpha value is -0.590. The fraction of sp³-hybridized carbons (Fsp3) is 0.429. The van der Waals surface area contributed by atoms with Gasteiger partial charge in [-0.3, -0.25) is 4.79 Å². The fourth-order valence-electron chi connectivity index (χ4n) is 0.812. The molecule has 1 aromatic rings. The maximum absolute atomic E-state index is 10.9. The maximum atomic E-state index is 10.9. The molecular weight excluding hydrogens is 271 g/mol. The zero-order valence-electron chi connectivity index (χ0n) is 6.87. The number of hydrogen-bond acceptors (Lipinski definition) is 3. The van der Waals surface area contributed by atoms with Crippen molar-refractivity contribution in [1.82, 2.24) is 9.78 Å². The molecule has 0 aliphatic rings. The van der Waals surface area contributed by atoms with E-state index < -0.39 is 0 Å². The van der Waals surface area contributed by atoms with Gasteiger partial charge in [0.25, 0.3) is 0 Å². The van der Waals surface area contributed by atoms with E-state index in [0.29, 0.717) is 0 Å². The first kappa shape index (κ1) is 9.50. The van der Waals surface area contributed by atoms with Crippen LogP contribution in [-0.2, 0) is 16.1 Å². The third-order valence-electron chi connectivity index (χ3n) is 1.36. The summed E-state index contributed by atoms with van der Waals surface area (Å²) in [5.41, 5.74) is 0.906. The molecule has 0 unspecified atom stereocenters. The lowest BCUT2D eigenvalue weighted by molar-refractivity contribution is -0.141. The zero-order chi connectivity index (χ0) is 9.14. The van der Waals surface area contributed by atoms with Crippen LogP contribution in [0, 0.1) is 10.6 Å². The highest BCUT2D eigenvalue weighted by Gasteiger charge is 2.06. The van der Waals surface area contributed by atoms with Crippen LogP contribution in [0.2, 0.25) is 0 Å². The topological polar surface area (TPSA) is 44.1 Å². The normalized spacial score (nSPS) is 9.92. The number of nitrogens with zero attached hydrogens (tertiary/aromatic N) is 2. The Kier molecular flexibility index (Phi) is 3.07. The van der Waals surface area contributed by atoms with E-state index in [1.165, 1.54) is 7.11 Å². The monoisotopic (exact) mass is 280 g/mol. The summed E-state index contributed by atoms with van der Waals surface area (Å²) in [6.07, 6.45) is 0. The first-order valence-corrected chi connectivity index (χ1v) is 4.48. The molecule has 0 saturated heterocycles. The second-order valence-corrected chi connectivity index (χ2v) is 3.45. The molecule has 4 nitrogen and oxygen atoms in total. The van der Waals surface area contributed by atoms with Gasteiger partial charge in [-0.25, -0.2) is 4.68 Å². The molecule has 0 amide bonds. The van der Waals surface area contributed by atoms with Crippen LogP contribution in [0.5, 0.6) is 0 Å². The van der Waals surface area contributed by atoms with Crippen molar-refractivity contribution < 1.29 is 9.53 Å². The van der Waals surface area contributed by atoms with Crippen LogP contribution in [0.15, 0.2) is 6.07 Å². The predicted molar refractivity (Wildman–Crippen MR) is 51.7 cm³/mol. The highest BCUT2D eigenvalue weighted by molar-refractivity contribution is 14.1. The molecule has 1 rings (SSSR count). The third-order valence-corrected chi connectivity index (χ3v) is 2.23. The van der Waals surface area contributed by atoms with Crippen LogP contribution in [0.1, 0.15) is 5.69 Å². The van der Waals surface area contributed by atoms with Crippen molar-refractivity contribution in [2.45, 2.75) is 13.5 Å². The molecular formula is C7H9IN2O2. The summed E-state index contributed by atoms with van der Waals surface area (Å²) in [7, 11) is 1.37. The van der Waals surface area contributed by atoms with E-state index in [0.717, 1.165) is 9.39 Å². The van der Waals surface area contributed by atoms with E-state index in [4.69, 9.17) is 0 Å². The average Bonchev–Trinajstić information content (AvgIpc) is 2.30. The van der Waals surface area contributed by atoms with E-state index in [1.54, 1.807) is 4.68 Å². The molecule has 5 heteroatoms. The van der Waals surface area contributed by atoms with Crippen LogP contribution in [0.4, 0.5) is 0 Å². The van der Waals surface area contributed by atoms with Gasteiger partial charge in [0.2, 0.25) is 0 Å². The summed E-state index contributed by atoms with van der Waals surface area (Å²) >= 11 is 2.12. The number of esters is 1. The molecule has 0 N–H and O–H groups in total. The molecule has 1 heterocycles. The minimum absolute atomic E-state index is 0.183. The van der Waals surface area contributed by atoms with Crippen molar-refractivity contribution in [3.05, 3.63) is 15.5 Å². The van der Waals surface area contributed by atoms with Crippen molar-refractivity contribution in [3.63, 3.8) is 0 Å². The molecule has 0 spiro atoms. The van der Waals surface area contributed by atoms with Gasteiger partial charge in [-0.15, -0.1) is 0 Å². The predicted octanol–water partition coefficient (Wildman–Crippen LogP) is 0.969. The van der Waals surface area contributed by atoms with Crippen molar-refractivity contribution >= 4 is 28.6 Å². The van der Waals surface area contributed by atoms with E-state index in [1.807, 2.05) is 13.0 Å². The summed E-state index contributed by atoms with van der Waals surface area (Å²) in [4.78, 5) is 10.9. The van der Waals surface area contributed by atoms with Crippen molar-refractivity contribution in [2.75, 3.05) is 7.11 Å². The number of aryl methyl sites for hydroxylation is 1. The van der Waals surface area contributed by atoms with Crippen molar-refractivity contribution in [3.8, 4) is 0 Å². The Balaban J connectivity index is 2.75. The summed E-state index contributed by atoms with van der Waals surface area (Å²) in [6.45, 7) is 2.07. The Labute approximate surface area is 84.0 Å². The summed E-state index contributed by atoms with van der Waals surface area (Å²) in [5, 5.41) is 4.11. The summed E-state index contributed by atoms with van der Waals surface area (Å²) in [5.74, 6) is -0.281. The molecule has 66 valence electrons. The van der Waals surface area contributed by atoms with Gasteiger partial charge in [-0.2, -0.15) is 5.10 Å². The molecule has 0 saturated carbocycles. The van der Waals surface area contributed by atoms with Gasteiger partial charge in [0, 0.05) is 0 Å². The van der Waals surface area contributed by atoms with Gasteiger partial charge in [-0.1, -0.05) is 0 Å². The van der Waals surface area contributed by atoms with E-state index >= 15 is 0 Å². The molecule has 0 aliphatic heterocycles. The second-order valence-electron chi connectivity index (χ2n) is 2.34. The SMILES string of the molecule is COC(=O)Cn1nc(C)cc1I. The van der Waals surface area contributed by atoms with Gasteiger partial charge in [0.15, 0.2) is 0 Å². The number of aromatic nitrogens is 2. The van der Waals surface area contributed by atoms with Gasteiger partial charge in [-0.05, 0) is 35.6 Å². The molecule has 0 aliphatic carbocycles. The highest BCUT2D eigenvalue weighted by atomic mass is 127. The lowest BCUT2D eigenvalue weighted by atomic mass is 10.5. The second kappa shape index (κ2) is 3.88. The maximum Gasteiger partial charge on any atom is 0.327 e. The van der Waals surface area contributed by atoms with Gasteiger partial charge in [0.1, 0.15) is 6.54 Å². The first-order chi connectivity index (χ1) is 5.63. The highest BCUT2D eigenvalue weighted by Crippen LogP contribution is 2.06. The number of ether oxygens (including phenoxy) is 1. The minimum Gasteiger partial charge on any atom is -0.468 e. The van der Waals surface area contributed by atoms with E-state index in [9.17, 15) is 4.79 Å². The van der Waals surface area contributed by atoms with Gasteiger partial charge < -0.3 is 4.74 Å². The first-order valence-electron chi connectivity index (χ1n) is 3.40. The van der Waals surface area contributed by atoms with Gasteiger partial charge in [0.05, 0.1) is 16.5 Å². The van der Waals surface area contributed by atoms with E-state index in [2.05, 4.69) is 32.4 Å². The Morgan fingerprint density at radius 3 is 2.92 bits per heavy atom. The average molecular weight is 280 g/mol. The molecule has 1 aromatic heterocycles. The zero-order valence-corrected chi connectivity index (χ0v) is 9.03. The summed E-state index contributed by atoms with van der Waals surface area (Å²) < 4.78 is 7.07. The Bertz CT molecular complexity index is 296. The van der Waals surface area contributed by atoms with Crippen LogP contribution in [-0.4, -0.2) is 22.9 Å². The van der Waals surface area contributed by atoms with Crippen molar-refractivity contribution in [2.24, 2.45) is 0 Å². The molecule has 0 atom stereocenters. The number of rotatable bonds is 2. The molecule has 12 heavy (non-hydrogen) atoms. The van der Waals surface area contributed by atoms with Crippen LogP contribution in [0.3, 0.4) is 0 Å². The fourth-order valence-corrected chi connectivity index (χ4v) is 1.54. The molecule has 0 fully saturated rings.